The maximum absolute atomic E-state index is 11.8. The Hall–Kier alpha value is -1.32. The van der Waals surface area contributed by atoms with Crippen LogP contribution in [0.1, 0.15) is 90.9 Å². The summed E-state index contributed by atoms with van der Waals surface area (Å²) in [5, 5.41) is 8.60. The van der Waals surface area contributed by atoms with E-state index in [2.05, 4.69) is 19.9 Å². The summed E-state index contributed by atoms with van der Waals surface area (Å²) >= 11 is 0. The highest BCUT2D eigenvalue weighted by molar-refractivity contribution is 5.69. The lowest BCUT2D eigenvalue weighted by atomic mass is 10.1. The van der Waals surface area contributed by atoms with Crippen molar-refractivity contribution in [2.24, 2.45) is 0 Å². The first-order valence-corrected chi connectivity index (χ1v) is 9.18. The molecule has 23 heavy (non-hydrogen) atoms. The van der Waals surface area contributed by atoms with Gasteiger partial charge in [-0.15, -0.1) is 0 Å². The zero-order valence-electron chi connectivity index (χ0n) is 14.9. The predicted octanol–water partition coefficient (Wildman–Crippen LogP) is 5.26. The van der Waals surface area contributed by atoms with E-state index in [0.717, 1.165) is 64.2 Å². The summed E-state index contributed by atoms with van der Waals surface area (Å²) in [6.07, 6.45) is 14.3. The molecule has 0 aliphatic heterocycles. The van der Waals surface area contributed by atoms with Gasteiger partial charge in [0.2, 0.25) is 0 Å². The molecule has 0 fully saturated rings. The number of rotatable bonds is 15. The molecule has 0 radical (unpaired) electrons. The Balaban J connectivity index is 4.03. The highest BCUT2D eigenvalue weighted by Crippen LogP contribution is 2.13. The van der Waals surface area contributed by atoms with Crippen LogP contribution in [0.5, 0.6) is 0 Å². The number of carboxylic acid groups (broad SMARTS) is 1. The minimum atomic E-state index is -0.730. The molecule has 1 N–H and O–H groups in total. The van der Waals surface area contributed by atoms with Crippen molar-refractivity contribution in [1.29, 1.82) is 0 Å². The number of hydrogen-bond donors (Lipinski definition) is 1. The zero-order valence-corrected chi connectivity index (χ0v) is 14.9. The van der Waals surface area contributed by atoms with Crippen LogP contribution in [0.4, 0.5) is 0 Å². The lowest BCUT2D eigenvalue weighted by Gasteiger charge is -2.14. The molecule has 1 atom stereocenters. The van der Waals surface area contributed by atoms with E-state index in [1.807, 2.05) is 6.08 Å². The van der Waals surface area contributed by atoms with Gasteiger partial charge in [-0.05, 0) is 38.2 Å². The van der Waals surface area contributed by atoms with Gasteiger partial charge in [-0.25, -0.2) is 0 Å². The molecule has 1 unspecified atom stereocenters. The molecule has 0 heterocycles. The topological polar surface area (TPSA) is 63.6 Å². The van der Waals surface area contributed by atoms with E-state index in [9.17, 15) is 9.59 Å². The minimum Gasteiger partial charge on any atom is -0.481 e. The van der Waals surface area contributed by atoms with Crippen molar-refractivity contribution in [3.05, 3.63) is 12.2 Å². The molecule has 0 amide bonds. The Bertz CT molecular complexity index is 336. The van der Waals surface area contributed by atoms with Gasteiger partial charge in [0.15, 0.2) is 0 Å². The fourth-order valence-corrected chi connectivity index (χ4v) is 2.33. The third-order valence-corrected chi connectivity index (χ3v) is 3.70. The van der Waals surface area contributed by atoms with Crippen molar-refractivity contribution >= 4 is 11.9 Å². The monoisotopic (exact) mass is 326 g/mol. The Labute approximate surface area is 141 Å². The summed E-state index contributed by atoms with van der Waals surface area (Å²) in [7, 11) is 0. The number of allylic oxidation sites excluding steroid dienone is 1. The first kappa shape index (κ1) is 21.7. The van der Waals surface area contributed by atoms with E-state index in [1.165, 1.54) is 0 Å². The summed E-state index contributed by atoms with van der Waals surface area (Å²) in [5.41, 5.74) is 0. The second-order valence-corrected chi connectivity index (χ2v) is 6.05. The van der Waals surface area contributed by atoms with Crippen molar-refractivity contribution in [2.45, 2.75) is 97.0 Å². The second-order valence-electron chi connectivity index (χ2n) is 6.05. The van der Waals surface area contributed by atoms with Crippen molar-refractivity contribution in [1.82, 2.24) is 0 Å². The van der Waals surface area contributed by atoms with E-state index < -0.39 is 5.97 Å². The lowest BCUT2D eigenvalue weighted by molar-refractivity contribution is -0.147. The van der Waals surface area contributed by atoms with Gasteiger partial charge >= 0.3 is 11.9 Å². The first-order valence-electron chi connectivity index (χ1n) is 9.18. The summed E-state index contributed by atoms with van der Waals surface area (Å²) in [6, 6.07) is 0. The number of unbranched alkanes of at least 4 members (excludes halogenated alkanes) is 6. The van der Waals surface area contributed by atoms with E-state index in [1.54, 1.807) is 0 Å². The van der Waals surface area contributed by atoms with Crippen LogP contribution in [0.15, 0.2) is 12.2 Å². The molecule has 0 rings (SSSR count). The van der Waals surface area contributed by atoms with Crippen LogP contribution in [0, 0.1) is 0 Å². The molecule has 4 heteroatoms. The van der Waals surface area contributed by atoms with Crippen LogP contribution in [-0.2, 0) is 14.3 Å². The standard InChI is InChI=1S/C19H34O4/c1-3-5-9-13-17(23-19(22)16-10-6-4-2)14-11-7-8-12-15-18(20)21/h9,13,17H,3-8,10-12,14-16H2,1-2H3,(H,20,21)/b13-9-. The Kier molecular flexibility index (Phi) is 14.7. The Morgan fingerprint density at radius 1 is 0.957 bits per heavy atom. The van der Waals surface area contributed by atoms with E-state index >= 15 is 0 Å². The van der Waals surface area contributed by atoms with E-state index in [-0.39, 0.29) is 18.5 Å². The lowest BCUT2D eigenvalue weighted by Crippen LogP contribution is -2.16. The van der Waals surface area contributed by atoms with Crippen LogP contribution in [-0.4, -0.2) is 23.1 Å². The van der Waals surface area contributed by atoms with Gasteiger partial charge in [-0.2, -0.15) is 0 Å². The number of aliphatic carboxylic acids is 1. The maximum atomic E-state index is 11.8. The van der Waals surface area contributed by atoms with E-state index in [0.29, 0.717) is 6.42 Å². The quantitative estimate of drug-likeness (QED) is 0.253. The number of esters is 1. The Morgan fingerprint density at radius 2 is 1.65 bits per heavy atom. The average Bonchev–Trinajstić information content (AvgIpc) is 2.50. The Morgan fingerprint density at radius 3 is 2.30 bits per heavy atom. The normalized spacial score (nSPS) is 12.4. The number of carbonyl (C=O) groups is 2. The smallest absolute Gasteiger partial charge is 0.306 e. The average molecular weight is 326 g/mol. The highest BCUT2D eigenvalue weighted by Gasteiger charge is 2.11. The largest absolute Gasteiger partial charge is 0.481 e. The molecule has 4 nitrogen and oxygen atoms in total. The molecule has 0 aliphatic rings. The molecule has 0 aromatic carbocycles. The third-order valence-electron chi connectivity index (χ3n) is 3.70. The van der Waals surface area contributed by atoms with Gasteiger partial charge < -0.3 is 9.84 Å². The fourth-order valence-electron chi connectivity index (χ4n) is 2.33. The van der Waals surface area contributed by atoms with Gasteiger partial charge in [0.25, 0.3) is 0 Å². The SMILES string of the molecule is CCC/C=C\C(CCCCCCC(=O)O)OC(=O)CCCCC. The number of ether oxygens (including phenoxy) is 1. The molecule has 0 aromatic heterocycles. The molecule has 134 valence electrons. The summed E-state index contributed by atoms with van der Waals surface area (Å²) < 4.78 is 5.57. The van der Waals surface area contributed by atoms with Gasteiger partial charge in [-0.3, -0.25) is 9.59 Å². The fraction of sp³-hybridized carbons (Fsp3) is 0.789. The summed E-state index contributed by atoms with van der Waals surface area (Å²) in [6.45, 7) is 4.24. The van der Waals surface area contributed by atoms with E-state index in [4.69, 9.17) is 9.84 Å². The van der Waals surface area contributed by atoms with Crippen molar-refractivity contribution in [3.8, 4) is 0 Å². The van der Waals surface area contributed by atoms with Crippen LogP contribution in [0.25, 0.3) is 0 Å². The van der Waals surface area contributed by atoms with Crippen molar-refractivity contribution in [3.63, 3.8) is 0 Å². The molecule has 0 saturated heterocycles. The van der Waals surface area contributed by atoms with Gasteiger partial charge in [-0.1, -0.05) is 52.0 Å². The maximum Gasteiger partial charge on any atom is 0.306 e. The molecular weight excluding hydrogens is 292 g/mol. The minimum absolute atomic E-state index is 0.101. The second kappa shape index (κ2) is 15.6. The molecule has 0 bridgehead atoms. The van der Waals surface area contributed by atoms with Gasteiger partial charge in [0.05, 0.1) is 0 Å². The summed E-state index contributed by atoms with van der Waals surface area (Å²) in [4.78, 5) is 22.3. The molecule has 0 spiro atoms. The third kappa shape index (κ3) is 15.4. The van der Waals surface area contributed by atoms with Crippen LogP contribution in [0.2, 0.25) is 0 Å². The van der Waals surface area contributed by atoms with Crippen molar-refractivity contribution < 1.29 is 19.4 Å². The molecule has 0 aliphatic carbocycles. The highest BCUT2D eigenvalue weighted by atomic mass is 16.5. The zero-order chi connectivity index (χ0) is 17.3. The number of carboxylic acids is 1. The molecular formula is C19H34O4. The van der Waals surface area contributed by atoms with Crippen LogP contribution < -0.4 is 0 Å². The van der Waals surface area contributed by atoms with Crippen LogP contribution >= 0.6 is 0 Å². The molecule has 0 aromatic rings. The first-order chi connectivity index (χ1) is 11.1. The van der Waals surface area contributed by atoms with Gasteiger partial charge in [0.1, 0.15) is 6.10 Å². The molecule has 0 saturated carbocycles. The predicted molar refractivity (Wildman–Crippen MR) is 93.4 cm³/mol. The van der Waals surface area contributed by atoms with Crippen LogP contribution in [0.3, 0.4) is 0 Å². The van der Waals surface area contributed by atoms with Gasteiger partial charge in [0, 0.05) is 12.8 Å². The number of carbonyl (C=O) groups excluding carboxylic acids is 1. The number of hydrogen-bond acceptors (Lipinski definition) is 3. The summed E-state index contributed by atoms with van der Waals surface area (Å²) in [5.74, 6) is -0.832. The van der Waals surface area contributed by atoms with Crippen molar-refractivity contribution in [2.75, 3.05) is 0 Å².